The number of benzene rings is 5. The van der Waals surface area contributed by atoms with Gasteiger partial charge in [0.2, 0.25) is 0 Å². The third-order valence-corrected chi connectivity index (χ3v) is 11.5. The van der Waals surface area contributed by atoms with Crippen molar-refractivity contribution in [1.82, 2.24) is 0 Å². The third kappa shape index (κ3) is 6.85. The van der Waals surface area contributed by atoms with Gasteiger partial charge in [0.15, 0.2) is 5.84 Å². The van der Waals surface area contributed by atoms with E-state index in [2.05, 4.69) is 153 Å². The van der Waals surface area contributed by atoms with Crippen LogP contribution < -0.4 is 0 Å². The van der Waals surface area contributed by atoms with Gasteiger partial charge in [0, 0.05) is 16.7 Å². The zero-order chi connectivity index (χ0) is 34.6. The van der Waals surface area contributed by atoms with Gasteiger partial charge >= 0.3 is 0 Å². The SMILES string of the molecule is CC(=NC(=NC(C)c1ccc(C2(c3ccc(C4=CCCc5ccccc54)cc3)CCCCC2)cc1)C1=CCCC=C1)c1ccc2ccccc2c1. The number of hydrogen-bond acceptors (Lipinski definition) is 1. The first-order chi connectivity index (χ1) is 25.1. The summed E-state index contributed by atoms with van der Waals surface area (Å²) < 4.78 is 0. The molecule has 1 unspecified atom stereocenters. The van der Waals surface area contributed by atoms with Crippen LogP contribution in [0, 0.1) is 0 Å². The Balaban J connectivity index is 1.08. The molecular formula is C49H48N2. The molecule has 0 N–H and O–H groups in total. The molecule has 0 saturated heterocycles. The van der Waals surface area contributed by atoms with Crippen LogP contribution in [0.4, 0.5) is 0 Å². The summed E-state index contributed by atoms with van der Waals surface area (Å²) in [6.45, 7) is 4.31. The molecule has 8 rings (SSSR count). The zero-order valence-electron chi connectivity index (χ0n) is 30.1. The average molecular weight is 665 g/mol. The van der Waals surface area contributed by atoms with Gasteiger partial charge in [-0.25, -0.2) is 4.99 Å². The van der Waals surface area contributed by atoms with Crippen molar-refractivity contribution in [3.8, 4) is 0 Å². The van der Waals surface area contributed by atoms with E-state index >= 15 is 0 Å². The highest BCUT2D eigenvalue weighted by molar-refractivity contribution is 6.13. The topological polar surface area (TPSA) is 24.7 Å². The molecule has 1 atom stereocenters. The summed E-state index contributed by atoms with van der Waals surface area (Å²) in [5.74, 6) is 0.813. The van der Waals surface area contributed by atoms with Crippen LogP contribution in [0.5, 0.6) is 0 Å². The van der Waals surface area contributed by atoms with E-state index in [0.717, 1.165) is 48.4 Å². The third-order valence-electron chi connectivity index (χ3n) is 11.5. The molecule has 2 heteroatoms. The van der Waals surface area contributed by atoms with Crippen LogP contribution in [-0.2, 0) is 11.8 Å². The van der Waals surface area contributed by atoms with Gasteiger partial charge < -0.3 is 0 Å². The van der Waals surface area contributed by atoms with Crippen molar-refractivity contribution in [2.24, 2.45) is 9.98 Å². The molecule has 3 aliphatic rings. The summed E-state index contributed by atoms with van der Waals surface area (Å²) in [6.07, 6.45) is 19.7. The largest absolute Gasteiger partial charge is 0.258 e. The van der Waals surface area contributed by atoms with Crippen LogP contribution >= 0.6 is 0 Å². The van der Waals surface area contributed by atoms with E-state index in [0.29, 0.717) is 0 Å². The van der Waals surface area contributed by atoms with Crippen molar-refractivity contribution in [3.05, 3.63) is 184 Å². The number of rotatable bonds is 7. The van der Waals surface area contributed by atoms with E-state index in [1.54, 1.807) is 0 Å². The maximum Gasteiger partial charge on any atom is 0.155 e. The van der Waals surface area contributed by atoms with Crippen molar-refractivity contribution in [2.75, 3.05) is 0 Å². The van der Waals surface area contributed by atoms with Gasteiger partial charge in [-0.15, -0.1) is 0 Å². The summed E-state index contributed by atoms with van der Waals surface area (Å²) in [5.41, 5.74) is 12.9. The van der Waals surface area contributed by atoms with Gasteiger partial charge in [-0.1, -0.05) is 153 Å². The minimum Gasteiger partial charge on any atom is -0.258 e. The fourth-order valence-corrected chi connectivity index (χ4v) is 8.55. The molecule has 0 amide bonds. The number of hydrogen-bond donors (Lipinski definition) is 0. The molecule has 0 spiro atoms. The van der Waals surface area contributed by atoms with E-state index in [4.69, 9.17) is 9.98 Å². The highest BCUT2D eigenvalue weighted by Crippen LogP contribution is 2.46. The number of amidine groups is 1. The molecule has 254 valence electrons. The van der Waals surface area contributed by atoms with Crippen LogP contribution in [0.2, 0.25) is 0 Å². The average Bonchev–Trinajstić information content (AvgIpc) is 3.21. The lowest BCUT2D eigenvalue weighted by Crippen LogP contribution is -2.30. The molecule has 3 aliphatic carbocycles. The first kappa shape index (κ1) is 33.1. The maximum atomic E-state index is 5.29. The summed E-state index contributed by atoms with van der Waals surface area (Å²) in [6, 6.07) is 43.0. The summed E-state index contributed by atoms with van der Waals surface area (Å²) in [5, 5.41) is 2.47. The van der Waals surface area contributed by atoms with Crippen LogP contribution in [-0.4, -0.2) is 11.5 Å². The number of fused-ring (bicyclic) bond motifs is 2. The molecular weight excluding hydrogens is 617 g/mol. The Bertz CT molecular complexity index is 2180. The van der Waals surface area contributed by atoms with Crippen molar-refractivity contribution in [3.63, 3.8) is 0 Å². The first-order valence-electron chi connectivity index (χ1n) is 19.1. The normalized spacial score (nSPS) is 18.2. The van der Waals surface area contributed by atoms with E-state index in [-0.39, 0.29) is 11.5 Å². The maximum absolute atomic E-state index is 5.29. The van der Waals surface area contributed by atoms with Gasteiger partial charge in [0.1, 0.15) is 0 Å². The molecule has 0 aromatic heterocycles. The smallest absolute Gasteiger partial charge is 0.155 e. The fourth-order valence-electron chi connectivity index (χ4n) is 8.55. The molecule has 1 saturated carbocycles. The quantitative estimate of drug-likeness (QED) is 0.122. The summed E-state index contributed by atoms with van der Waals surface area (Å²) in [7, 11) is 0. The number of aryl methyl sites for hydroxylation is 1. The first-order valence-corrected chi connectivity index (χ1v) is 19.1. The van der Waals surface area contributed by atoms with Crippen molar-refractivity contribution in [2.45, 2.75) is 83.1 Å². The fraction of sp³-hybridized carbons (Fsp3) is 0.265. The Morgan fingerprint density at radius 1 is 0.686 bits per heavy atom. The van der Waals surface area contributed by atoms with E-state index < -0.39 is 0 Å². The van der Waals surface area contributed by atoms with Gasteiger partial charge in [-0.2, -0.15) is 0 Å². The molecule has 51 heavy (non-hydrogen) atoms. The second kappa shape index (κ2) is 14.6. The second-order valence-electron chi connectivity index (χ2n) is 14.7. The van der Waals surface area contributed by atoms with Crippen LogP contribution in [0.25, 0.3) is 16.3 Å². The Hall–Kier alpha value is -5.08. The Kier molecular flexibility index (Phi) is 9.50. The van der Waals surface area contributed by atoms with E-state index in [9.17, 15) is 0 Å². The molecule has 0 aliphatic heterocycles. The van der Waals surface area contributed by atoms with Gasteiger partial charge in [-0.05, 0) is 114 Å². The summed E-state index contributed by atoms with van der Waals surface area (Å²) >= 11 is 0. The highest BCUT2D eigenvalue weighted by atomic mass is 14.9. The van der Waals surface area contributed by atoms with Crippen LogP contribution in [0.1, 0.15) is 110 Å². The lowest BCUT2D eigenvalue weighted by molar-refractivity contribution is 0.346. The predicted octanol–water partition coefficient (Wildman–Crippen LogP) is 12.7. The lowest BCUT2D eigenvalue weighted by Gasteiger charge is -2.39. The van der Waals surface area contributed by atoms with E-state index in [1.165, 1.54) is 81.8 Å². The molecule has 5 aromatic carbocycles. The standard InChI is InChI=1S/C49H48N2/c1-35(50-48(41-16-5-3-6-17-41)51-36(2)42-23-22-38-14-7-8-18-43(38)34-42)37-24-28-44(29-25-37)49(32-11-4-12-33-49)45-30-26-40(27-31-45)47-21-13-19-39-15-9-10-20-46(39)47/h5,7-10,14-18,20-31,34-35H,3-4,6,11-13,19,32-33H2,1-2H3. The Morgan fingerprint density at radius 3 is 2.18 bits per heavy atom. The Morgan fingerprint density at radius 2 is 1.41 bits per heavy atom. The van der Waals surface area contributed by atoms with Crippen molar-refractivity contribution < 1.29 is 0 Å². The highest BCUT2D eigenvalue weighted by Gasteiger charge is 2.35. The van der Waals surface area contributed by atoms with Crippen LogP contribution in [0.15, 0.2) is 155 Å². The minimum atomic E-state index is -0.0216. The predicted molar refractivity (Wildman–Crippen MR) is 217 cm³/mol. The molecule has 0 bridgehead atoms. The second-order valence-corrected chi connectivity index (χ2v) is 14.7. The van der Waals surface area contributed by atoms with Gasteiger partial charge in [0.25, 0.3) is 0 Å². The van der Waals surface area contributed by atoms with Crippen LogP contribution in [0.3, 0.4) is 0 Å². The molecule has 5 aromatic rings. The number of allylic oxidation sites excluding steroid dienone is 3. The Labute approximate surface area is 304 Å². The molecule has 1 fully saturated rings. The van der Waals surface area contributed by atoms with Gasteiger partial charge in [0.05, 0.1) is 6.04 Å². The van der Waals surface area contributed by atoms with Crippen molar-refractivity contribution in [1.29, 1.82) is 0 Å². The zero-order valence-corrected chi connectivity index (χ0v) is 30.1. The van der Waals surface area contributed by atoms with Crippen molar-refractivity contribution >= 4 is 27.9 Å². The van der Waals surface area contributed by atoms with E-state index in [1.807, 2.05) is 0 Å². The lowest BCUT2D eigenvalue weighted by atomic mass is 9.65. The summed E-state index contributed by atoms with van der Waals surface area (Å²) in [4.78, 5) is 10.5. The van der Waals surface area contributed by atoms with Gasteiger partial charge in [-0.3, -0.25) is 4.99 Å². The monoisotopic (exact) mass is 664 g/mol. The molecule has 0 radical (unpaired) electrons. The molecule has 0 heterocycles. The number of aliphatic imine (C=N–C) groups is 2. The minimum absolute atomic E-state index is 0.0216. The molecule has 2 nitrogen and oxygen atoms in total. The number of nitrogens with zero attached hydrogens (tertiary/aromatic N) is 2.